The first-order valence-electron chi connectivity index (χ1n) is 14.2. The molecule has 0 aromatic carbocycles. The van der Waals surface area contributed by atoms with E-state index in [0.717, 1.165) is 63.5 Å². The quantitative estimate of drug-likeness (QED) is 0.126. The van der Waals surface area contributed by atoms with Crippen LogP contribution in [0.25, 0.3) is 0 Å². The van der Waals surface area contributed by atoms with Crippen molar-refractivity contribution in [1.82, 2.24) is 0 Å². The molecule has 0 aromatic heterocycles. The summed E-state index contributed by atoms with van der Waals surface area (Å²) in [6.45, 7) is 7.80. The normalized spacial score (nSPS) is 18.0. The van der Waals surface area contributed by atoms with Gasteiger partial charge in [0.15, 0.2) is 0 Å². The first-order chi connectivity index (χ1) is 20.0. The van der Waals surface area contributed by atoms with E-state index < -0.39 is 77.8 Å². The van der Waals surface area contributed by atoms with E-state index in [2.05, 4.69) is 13.8 Å². The van der Waals surface area contributed by atoms with E-state index in [9.17, 15) is 28.8 Å². The molecule has 42 heavy (non-hydrogen) atoms. The van der Waals surface area contributed by atoms with Crippen molar-refractivity contribution in [2.45, 2.75) is 91.9 Å². The molecule has 2 atom stereocenters. The second-order valence-corrected chi connectivity index (χ2v) is 16.3. The molecule has 2 unspecified atom stereocenters. The zero-order valence-electron chi connectivity index (χ0n) is 24.4. The van der Waals surface area contributed by atoms with Crippen molar-refractivity contribution in [3.63, 3.8) is 0 Å². The third kappa shape index (κ3) is 12.9. The van der Waals surface area contributed by atoms with Gasteiger partial charge < -0.3 is 0 Å². The molecule has 0 amide bonds. The molecule has 0 aliphatic carbocycles. The Balaban J connectivity index is 1.86. The van der Waals surface area contributed by atoms with Crippen LogP contribution in [0, 0.1) is 11.8 Å². The summed E-state index contributed by atoms with van der Waals surface area (Å²) >= 11 is -8.43. The van der Waals surface area contributed by atoms with Crippen LogP contribution in [0.3, 0.4) is 0 Å². The van der Waals surface area contributed by atoms with Crippen LogP contribution in [-0.4, -0.2) is 77.8 Å². The predicted octanol–water partition coefficient (Wildman–Crippen LogP) is 3.86. The van der Waals surface area contributed by atoms with Crippen LogP contribution in [0.1, 0.15) is 91.9 Å². The summed E-state index contributed by atoms with van der Waals surface area (Å²) in [6, 6.07) is 0. The Morgan fingerprint density at radius 3 is 1.40 bits per heavy atom. The first-order valence-corrected chi connectivity index (χ1v) is 21.2. The van der Waals surface area contributed by atoms with E-state index in [1.165, 1.54) is 0 Å². The van der Waals surface area contributed by atoms with Gasteiger partial charge in [-0.1, -0.05) is 0 Å². The fraction of sp³-hybridized carbons (Fsp3) is 0.571. The number of carbonyl (C=O) groups is 6. The van der Waals surface area contributed by atoms with E-state index in [1.54, 1.807) is 13.8 Å². The monoisotopic (exact) mass is 806 g/mol. The summed E-state index contributed by atoms with van der Waals surface area (Å²) < 4.78 is 30.5. The van der Waals surface area contributed by atoms with E-state index in [4.69, 9.17) is 18.4 Å². The SMILES string of the molecule is CCCCCCC(C)C1=CC(=O)[O][Sn]([O]C(=O)/C=C\C(=O)[O][Sn]2[O]C(=O)C=C(C(C)CCCCCC)C(=O)[O]2)[O]C1=O. The number of unbranched alkanes of at least 4 members (excludes halogenated alkanes) is 6. The molecule has 230 valence electrons. The number of hydrogen-bond donors (Lipinski definition) is 0. The zero-order chi connectivity index (χ0) is 31.1. The molecule has 0 spiro atoms. The molecule has 0 aromatic rings. The van der Waals surface area contributed by atoms with Crippen LogP contribution in [0.4, 0.5) is 0 Å². The molecular weight excluding hydrogens is 766 g/mol. The minimum absolute atomic E-state index is 0.158. The Morgan fingerprint density at radius 2 is 1.05 bits per heavy atom. The Hall–Kier alpha value is -2.36. The van der Waals surface area contributed by atoms with Crippen molar-refractivity contribution in [2.24, 2.45) is 11.8 Å². The minimum atomic E-state index is -4.21. The van der Waals surface area contributed by atoms with Crippen LogP contribution in [0.5, 0.6) is 0 Å². The van der Waals surface area contributed by atoms with E-state index >= 15 is 0 Å². The molecule has 2 rings (SSSR count). The zero-order valence-corrected chi connectivity index (χ0v) is 30.1. The third-order valence-corrected chi connectivity index (χ3v) is 12.7. The summed E-state index contributed by atoms with van der Waals surface area (Å²) in [5.41, 5.74) is 0.315. The van der Waals surface area contributed by atoms with Gasteiger partial charge in [0.1, 0.15) is 0 Å². The van der Waals surface area contributed by atoms with Gasteiger partial charge >= 0.3 is 264 Å². The van der Waals surface area contributed by atoms with Gasteiger partial charge in [-0.15, -0.1) is 0 Å². The van der Waals surface area contributed by atoms with E-state index in [0.29, 0.717) is 25.0 Å². The average Bonchev–Trinajstić information content (AvgIpc) is 3.16. The predicted molar refractivity (Wildman–Crippen MR) is 149 cm³/mol. The molecule has 0 fully saturated rings. The fourth-order valence-electron chi connectivity index (χ4n) is 4.11. The molecule has 2 radical (unpaired) electrons. The van der Waals surface area contributed by atoms with Crippen molar-refractivity contribution in [1.29, 1.82) is 0 Å². The summed E-state index contributed by atoms with van der Waals surface area (Å²) in [7, 11) is 0. The molecule has 14 heteroatoms. The van der Waals surface area contributed by atoms with Crippen molar-refractivity contribution >= 4 is 77.8 Å². The van der Waals surface area contributed by atoms with Crippen LogP contribution in [0.15, 0.2) is 35.5 Å². The molecule has 2 heterocycles. The van der Waals surface area contributed by atoms with Gasteiger partial charge in [0.2, 0.25) is 0 Å². The Kier molecular flexibility index (Phi) is 16.2. The summed E-state index contributed by atoms with van der Waals surface area (Å²) in [5.74, 6) is -5.93. The second-order valence-electron chi connectivity index (χ2n) is 10.00. The molecule has 0 N–H and O–H groups in total. The first kappa shape index (κ1) is 35.8. The molecule has 2 aliphatic heterocycles. The molecule has 12 nitrogen and oxygen atoms in total. The van der Waals surface area contributed by atoms with E-state index in [1.807, 2.05) is 0 Å². The molecule has 0 saturated carbocycles. The van der Waals surface area contributed by atoms with Crippen LogP contribution in [0.2, 0.25) is 0 Å². The second kappa shape index (κ2) is 19.0. The van der Waals surface area contributed by atoms with E-state index in [-0.39, 0.29) is 23.0 Å². The van der Waals surface area contributed by atoms with Crippen LogP contribution >= 0.6 is 0 Å². The van der Waals surface area contributed by atoms with Gasteiger partial charge in [-0.25, -0.2) is 0 Å². The maximum atomic E-state index is 12.6. The van der Waals surface area contributed by atoms with Crippen molar-refractivity contribution < 1.29 is 47.2 Å². The van der Waals surface area contributed by atoms with Crippen LogP contribution < -0.4 is 0 Å². The van der Waals surface area contributed by atoms with Crippen molar-refractivity contribution in [2.75, 3.05) is 0 Å². The van der Waals surface area contributed by atoms with Crippen molar-refractivity contribution in [3.05, 3.63) is 35.5 Å². The fourth-order valence-corrected chi connectivity index (χ4v) is 8.96. The molecule has 0 bridgehead atoms. The summed E-state index contributed by atoms with van der Waals surface area (Å²) in [5, 5.41) is 0. The Labute approximate surface area is 262 Å². The average molecular weight is 804 g/mol. The third-order valence-electron chi connectivity index (χ3n) is 6.50. The number of hydrogen-bond acceptors (Lipinski definition) is 12. The van der Waals surface area contributed by atoms with Gasteiger partial charge in [0.05, 0.1) is 0 Å². The maximum absolute atomic E-state index is 12.6. The van der Waals surface area contributed by atoms with Crippen molar-refractivity contribution in [3.8, 4) is 0 Å². The molecule has 0 saturated heterocycles. The topological polar surface area (TPSA) is 158 Å². The van der Waals surface area contributed by atoms with Gasteiger partial charge in [-0.3, -0.25) is 0 Å². The Morgan fingerprint density at radius 1 is 0.667 bits per heavy atom. The molecule has 2 aliphatic rings. The molecular formula is C28H38O12Sn2. The van der Waals surface area contributed by atoms with Gasteiger partial charge in [-0.05, 0) is 0 Å². The summed E-state index contributed by atoms with van der Waals surface area (Å²) in [4.78, 5) is 73.9. The van der Waals surface area contributed by atoms with Gasteiger partial charge in [0.25, 0.3) is 0 Å². The number of rotatable bonds is 16. The van der Waals surface area contributed by atoms with Crippen LogP contribution in [-0.2, 0) is 47.2 Å². The Bertz CT molecular complexity index is 1010. The van der Waals surface area contributed by atoms with Gasteiger partial charge in [0, 0.05) is 0 Å². The number of carbonyl (C=O) groups excluding carboxylic acids is 6. The van der Waals surface area contributed by atoms with Gasteiger partial charge in [-0.2, -0.15) is 0 Å². The standard InChI is InChI=1S/2C12H20O4.C4H4O4.2Sn/c2*1-3-4-5-6-7-9(2)10(12(15)16)8-11(13)14;5-3(6)1-2-4(7)8;;/h2*8-9H,3-7H2,1-2H3,(H,13,14)(H,15,16);1-2H,(H,5,6)(H,7,8);;/q;;;2*+3/p-6/b;;2-1-;;. The summed E-state index contributed by atoms with van der Waals surface area (Å²) in [6.07, 6.45) is 12.9.